The molecule has 0 aliphatic carbocycles. The molecule has 1 aromatic carbocycles. The van der Waals surface area contributed by atoms with E-state index in [1.807, 2.05) is 0 Å². The van der Waals surface area contributed by atoms with Crippen LogP contribution in [0, 0.1) is 0 Å². The van der Waals surface area contributed by atoms with Crippen molar-refractivity contribution in [2.75, 3.05) is 0 Å². The third-order valence-corrected chi connectivity index (χ3v) is 3.17. The van der Waals surface area contributed by atoms with Crippen LogP contribution < -0.4 is 5.43 Å². The highest BCUT2D eigenvalue weighted by Gasteiger charge is 2.73. The second kappa shape index (κ2) is 6.93. The number of nitrogens with zero attached hydrogens (tertiary/aromatic N) is 1. The Kier molecular flexibility index (Phi) is 5.20. The summed E-state index contributed by atoms with van der Waals surface area (Å²) >= 11 is 0. The van der Waals surface area contributed by atoms with Gasteiger partial charge in [-0.3, -0.25) is 0 Å². The van der Waals surface area contributed by atoms with Crippen LogP contribution >= 0.6 is 0 Å². The van der Waals surface area contributed by atoms with E-state index in [9.17, 15) is 35.5 Å². The Labute approximate surface area is 146 Å². The van der Waals surface area contributed by atoms with E-state index in [2.05, 4.69) is 5.10 Å². The number of carboxylic acids is 1. The van der Waals surface area contributed by atoms with Crippen LogP contribution in [-0.2, 0) is 0 Å². The second-order valence-electron chi connectivity index (χ2n) is 5.10. The van der Waals surface area contributed by atoms with Gasteiger partial charge in [0, 0.05) is 5.56 Å². The molecule has 0 spiro atoms. The van der Waals surface area contributed by atoms with Crippen LogP contribution in [0.4, 0.5) is 30.7 Å². The van der Waals surface area contributed by atoms with Gasteiger partial charge in [-0.25, -0.2) is 10.2 Å². The van der Waals surface area contributed by atoms with Crippen LogP contribution in [0.15, 0.2) is 45.9 Å². The Morgan fingerprint density at radius 1 is 1.07 bits per heavy atom. The zero-order chi connectivity index (χ0) is 20.5. The van der Waals surface area contributed by atoms with Crippen molar-refractivity contribution >= 4 is 12.2 Å². The number of rotatable bonds is 6. The molecule has 1 heterocycles. The molecular weight excluding hydrogens is 389 g/mol. The van der Waals surface area contributed by atoms with E-state index in [-0.39, 0.29) is 17.1 Å². The molecule has 0 unspecified atom stereocenters. The highest BCUT2D eigenvalue weighted by molar-refractivity contribution is 5.89. The number of hydrogen-bond donors (Lipinski definition) is 2. The van der Waals surface area contributed by atoms with Gasteiger partial charge in [0.1, 0.15) is 11.5 Å². The van der Waals surface area contributed by atoms with Gasteiger partial charge in [-0.2, -0.15) is 35.8 Å². The predicted molar refractivity (Wildman–Crippen MR) is 77.8 cm³/mol. The van der Waals surface area contributed by atoms with Crippen molar-refractivity contribution in [1.82, 2.24) is 5.43 Å². The van der Waals surface area contributed by atoms with Crippen molar-refractivity contribution < 1.29 is 45.1 Å². The largest absolute Gasteiger partial charge is 0.478 e. The van der Waals surface area contributed by atoms with Crippen LogP contribution in [0.2, 0.25) is 0 Å². The normalized spacial score (nSPS) is 13.1. The third kappa shape index (κ3) is 4.20. The van der Waals surface area contributed by atoms with Gasteiger partial charge in [-0.15, -0.1) is 0 Å². The summed E-state index contributed by atoms with van der Waals surface area (Å²) in [5.74, 6) is -7.72. The van der Waals surface area contributed by atoms with Crippen molar-refractivity contribution in [3.05, 3.63) is 47.7 Å². The molecule has 2 N–H and O–H groups in total. The van der Waals surface area contributed by atoms with Crippen LogP contribution in [0.3, 0.4) is 0 Å². The summed E-state index contributed by atoms with van der Waals surface area (Å²) in [6.07, 6.45) is -6.02. The zero-order valence-corrected chi connectivity index (χ0v) is 12.9. The molecule has 2 rings (SSSR count). The van der Waals surface area contributed by atoms with Crippen LogP contribution in [0.25, 0.3) is 11.3 Å². The van der Waals surface area contributed by atoms with Crippen molar-refractivity contribution in [3.8, 4) is 11.3 Å². The highest BCUT2D eigenvalue weighted by Crippen LogP contribution is 2.44. The maximum Gasteiger partial charge on any atom is 0.462 e. The lowest BCUT2D eigenvalue weighted by molar-refractivity contribution is -0.361. The fourth-order valence-corrected chi connectivity index (χ4v) is 1.81. The SMILES string of the molecule is O=C(O)c1cccc(-c2ccc(/C=N\NC(F)(F)C(F)(F)C(F)(F)F)o2)c1. The number of benzene rings is 1. The van der Waals surface area contributed by atoms with E-state index in [1.54, 1.807) is 0 Å². The topological polar surface area (TPSA) is 74.8 Å². The van der Waals surface area contributed by atoms with Crippen molar-refractivity contribution in [2.24, 2.45) is 5.10 Å². The molecule has 1 aromatic heterocycles. The maximum atomic E-state index is 13.0. The number of aromatic carboxylic acids is 1. The monoisotopic (exact) mass is 398 g/mol. The first-order valence-corrected chi connectivity index (χ1v) is 6.91. The minimum absolute atomic E-state index is 0.0604. The molecule has 2 aromatic rings. The molecule has 27 heavy (non-hydrogen) atoms. The summed E-state index contributed by atoms with van der Waals surface area (Å²) in [7, 11) is 0. The Morgan fingerprint density at radius 3 is 2.33 bits per heavy atom. The minimum Gasteiger partial charge on any atom is -0.478 e. The van der Waals surface area contributed by atoms with E-state index < -0.39 is 24.1 Å². The van der Waals surface area contributed by atoms with E-state index >= 15 is 0 Å². The van der Waals surface area contributed by atoms with E-state index in [1.165, 1.54) is 30.3 Å². The molecule has 0 fully saturated rings. The molecule has 5 nitrogen and oxygen atoms in total. The fraction of sp³-hybridized carbons (Fsp3) is 0.200. The molecule has 0 amide bonds. The summed E-state index contributed by atoms with van der Waals surface area (Å²) in [6, 6.07) is 2.22. The summed E-state index contributed by atoms with van der Waals surface area (Å²) in [4.78, 5) is 10.9. The van der Waals surface area contributed by atoms with Gasteiger partial charge in [0.05, 0.1) is 11.8 Å². The molecule has 12 heteroatoms. The third-order valence-electron chi connectivity index (χ3n) is 3.17. The average Bonchev–Trinajstić information content (AvgIpc) is 3.02. The van der Waals surface area contributed by atoms with Gasteiger partial charge in [-0.1, -0.05) is 12.1 Å². The Morgan fingerprint density at radius 2 is 1.74 bits per heavy atom. The number of nitrogens with one attached hydrogen (secondary N) is 1. The smallest absolute Gasteiger partial charge is 0.462 e. The summed E-state index contributed by atoms with van der Waals surface area (Å²) in [6.45, 7) is 0. The second-order valence-corrected chi connectivity index (χ2v) is 5.10. The molecular formula is C15H9F7N2O3. The van der Waals surface area contributed by atoms with Gasteiger partial charge in [0.15, 0.2) is 0 Å². The van der Waals surface area contributed by atoms with Crippen LogP contribution in [0.1, 0.15) is 16.1 Å². The highest BCUT2D eigenvalue weighted by atomic mass is 19.4. The number of alkyl halides is 7. The lowest BCUT2D eigenvalue weighted by atomic mass is 10.1. The first kappa shape index (κ1) is 20.3. The molecule has 0 bridgehead atoms. The predicted octanol–water partition coefficient (Wildman–Crippen LogP) is 4.36. The number of hydrazone groups is 1. The average molecular weight is 398 g/mol. The zero-order valence-electron chi connectivity index (χ0n) is 12.9. The molecule has 0 radical (unpaired) electrons. The van der Waals surface area contributed by atoms with Gasteiger partial charge < -0.3 is 9.52 Å². The standard InChI is InChI=1S/C15H9F7N2O3/c16-13(17,14(18,19)20)15(21,22)24-23-7-10-4-5-11(27-10)8-2-1-3-9(6-8)12(25)26/h1-7,24H,(H,25,26)/b23-7-. The maximum absolute atomic E-state index is 13.0. The summed E-state index contributed by atoms with van der Waals surface area (Å²) in [5.41, 5.74) is 0.698. The first-order valence-electron chi connectivity index (χ1n) is 6.91. The molecule has 0 saturated carbocycles. The number of carbonyl (C=O) groups is 1. The van der Waals surface area contributed by atoms with Crippen molar-refractivity contribution in [3.63, 3.8) is 0 Å². The van der Waals surface area contributed by atoms with Crippen molar-refractivity contribution in [1.29, 1.82) is 0 Å². The van der Waals surface area contributed by atoms with Gasteiger partial charge in [0.2, 0.25) is 0 Å². The van der Waals surface area contributed by atoms with Crippen LogP contribution in [-0.4, -0.2) is 35.4 Å². The lowest BCUT2D eigenvalue weighted by Gasteiger charge is -2.27. The number of furan rings is 1. The number of carboxylic acid groups (broad SMARTS) is 1. The molecule has 146 valence electrons. The summed E-state index contributed by atoms with van der Waals surface area (Å²) < 4.78 is 92.4. The molecule has 0 atom stereocenters. The Hall–Kier alpha value is -3.05. The number of halogens is 7. The molecule has 0 saturated heterocycles. The van der Waals surface area contributed by atoms with Gasteiger partial charge in [0.25, 0.3) is 0 Å². The van der Waals surface area contributed by atoms with Crippen molar-refractivity contribution in [2.45, 2.75) is 18.1 Å². The summed E-state index contributed by atoms with van der Waals surface area (Å²) in [5, 5.41) is 11.6. The fourth-order valence-electron chi connectivity index (χ4n) is 1.81. The van der Waals surface area contributed by atoms with Crippen LogP contribution in [0.5, 0.6) is 0 Å². The lowest BCUT2D eigenvalue weighted by Crippen LogP contribution is -2.58. The quantitative estimate of drug-likeness (QED) is 0.328. The minimum atomic E-state index is -6.48. The Bertz CT molecular complexity index is 859. The first-order chi connectivity index (χ1) is 12.3. The van der Waals surface area contributed by atoms with E-state index in [4.69, 9.17) is 9.52 Å². The van der Waals surface area contributed by atoms with Gasteiger partial charge in [-0.05, 0) is 24.3 Å². The van der Waals surface area contributed by atoms with E-state index in [0.717, 1.165) is 6.07 Å². The number of hydrogen-bond acceptors (Lipinski definition) is 4. The van der Waals surface area contributed by atoms with Gasteiger partial charge >= 0.3 is 24.1 Å². The Balaban J connectivity index is 2.14. The molecule has 0 aliphatic heterocycles. The van der Waals surface area contributed by atoms with E-state index in [0.29, 0.717) is 17.2 Å². The molecule has 0 aliphatic rings.